The van der Waals surface area contributed by atoms with E-state index < -0.39 is 15.7 Å². The smallest absolute Gasteiger partial charge is 0.227 e. The van der Waals surface area contributed by atoms with Crippen LogP contribution in [0.2, 0.25) is 0 Å². The maximum Gasteiger partial charge on any atom is 0.227 e. The van der Waals surface area contributed by atoms with Crippen LogP contribution in [0.25, 0.3) is 0 Å². The average molecular weight is 311 g/mol. The molecule has 3 unspecified atom stereocenters. The molecule has 3 atom stereocenters. The summed E-state index contributed by atoms with van der Waals surface area (Å²) in [6.45, 7) is 0. The van der Waals surface area contributed by atoms with Crippen LogP contribution in [0.15, 0.2) is 23.1 Å². The highest BCUT2D eigenvalue weighted by Gasteiger charge is 2.43. The monoisotopic (exact) mass is 311 g/mol. The molecule has 2 bridgehead atoms. The number of rotatable bonds is 3. The van der Waals surface area contributed by atoms with Crippen LogP contribution in [-0.4, -0.2) is 20.6 Å². The zero-order valence-electron chi connectivity index (χ0n) is 11.8. The molecule has 21 heavy (non-hydrogen) atoms. The summed E-state index contributed by atoms with van der Waals surface area (Å²) in [6, 6.07) is 3.47. The predicted octanol–water partition coefficient (Wildman–Crippen LogP) is 2.60. The van der Waals surface area contributed by atoms with Crippen molar-refractivity contribution in [3.05, 3.63) is 24.0 Å². The minimum atomic E-state index is -3.42. The van der Waals surface area contributed by atoms with E-state index in [0.717, 1.165) is 31.6 Å². The van der Waals surface area contributed by atoms with Crippen molar-refractivity contribution in [2.45, 2.75) is 30.6 Å². The first-order valence-corrected chi connectivity index (χ1v) is 9.04. The van der Waals surface area contributed by atoms with Gasteiger partial charge in [0.1, 0.15) is 5.82 Å². The largest absolute Gasteiger partial charge is 0.323 e. The molecule has 0 radical (unpaired) electrons. The Hall–Kier alpha value is -1.43. The molecule has 0 saturated heterocycles. The number of benzene rings is 1. The zero-order chi connectivity index (χ0) is 15.2. The van der Waals surface area contributed by atoms with Gasteiger partial charge in [-0.1, -0.05) is 6.42 Å². The Morgan fingerprint density at radius 1 is 1.29 bits per heavy atom. The quantitative estimate of drug-likeness (QED) is 0.873. The van der Waals surface area contributed by atoms with Gasteiger partial charge in [0.25, 0.3) is 0 Å². The van der Waals surface area contributed by atoms with Gasteiger partial charge in [-0.15, -0.1) is 0 Å². The molecule has 0 aromatic heterocycles. The van der Waals surface area contributed by atoms with Crippen LogP contribution in [0.3, 0.4) is 0 Å². The van der Waals surface area contributed by atoms with Gasteiger partial charge < -0.3 is 5.32 Å². The highest BCUT2D eigenvalue weighted by molar-refractivity contribution is 7.90. The Kier molecular flexibility index (Phi) is 3.51. The maximum atomic E-state index is 13.8. The van der Waals surface area contributed by atoms with Crippen LogP contribution >= 0.6 is 0 Å². The van der Waals surface area contributed by atoms with E-state index in [4.69, 9.17) is 0 Å². The number of hydrogen-bond donors (Lipinski definition) is 1. The number of carbonyl (C=O) groups excluding carboxylic acids is 1. The lowest BCUT2D eigenvalue weighted by molar-refractivity contribution is -0.121. The first-order chi connectivity index (χ1) is 9.84. The summed E-state index contributed by atoms with van der Waals surface area (Å²) in [5.74, 6) is 0.157. The second-order valence-corrected chi connectivity index (χ2v) is 8.20. The molecule has 1 N–H and O–H groups in total. The summed E-state index contributed by atoms with van der Waals surface area (Å²) in [5, 5.41) is 2.57. The van der Waals surface area contributed by atoms with Crippen LogP contribution in [-0.2, 0) is 14.6 Å². The molecule has 0 aliphatic heterocycles. The molecule has 3 rings (SSSR count). The summed E-state index contributed by atoms with van der Waals surface area (Å²) in [6.07, 6.45) is 5.26. The van der Waals surface area contributed by atoms with Gasteiger partial charge >= 0.3 is 0 Å². The molecule has 2 saturated carbocycles. The summed E-state index contributed by atoms with van der Waals surface area (Å²) >= 11 is 0. The molecular weight excluding hydrogens is 293 g/mol. The Labute approximate surface area is 123 Å². The molecule has 6 heteroatoms. The number of nitrogens with one attached hydrogen (secondary N) is 1. The number of halogens is 1. The normalized spacial score (nSPS) is 27.8. The molecule has 2 fully saturated rings. The zero-order valence-corrected chi connectivity index (χ0v) is 12.6. The molecule has 1 aromatic rings. The van der Waals surface area contributed by atoms with Gasteiger partial charge in [-0.25, -0.2) is 12.8 Å². The van der Waals surface area contributed by atoms with Gasteiger partial charge in [-0.05, 0) is 49.3 Å². The molecule has 114 valence electrons. The van der Waals surface area contributed by atoms with Crippen LogP contribution in [0.5, 0.6) is 0 Å². The molecule has 1 amide bonds. The summed E-state index contributed by atoms with van der Waals surface area (Å²) in [5.41, 5.74) is -0.0503. The Morgan fingerprint density at radius 3 is 2.62 bits per heavy atom. The molecule has 2 aliphatic rings. The van der Waals surface area contributed by atoms with Gasteiger partial charge in [-0.3, -0.25) is 4.79 Å². The number of anilines is 1. The lowest BCUT2D eigenvalue weighted by Crippen LogP contribution is -2.27. The van der Waals surface area contributed by atoms with Crippen molar-refractivity contribution < 1.29 is 17.6 Å². The molecule has 0 spiro atoms. The van der Waals surface area contributed by atoms with Gasteiger partial charge in [-0.2, -0.15) is 0 Å². The van der Waals surface area contributed by atoms with Gasteiger partial charge in [0, 0.05) is 12.2 Å². The van der Waals surface area contributed by atoms with Crippen molar-refractivity contribution in [3.8, 4) is 0 Å². The van der Waals surface area contributed by atoms with E-state index >= 15 is 0 Å². The van der Waals surface area contributed by atoms with Crippen molar-refractivity contribution in [3.63, 3.8) is 0 Å². The standard InChI is InChI=1S/C15H18FNO3S/c1-21(19,20)11-4-5-13(16)14(8-11)17-15(18)12-7-9-2-3-10(12)6-9/h4-5,8-10,12H,2-3,6-7H2,1H3,(H,17,18). The Bertz CT molecular complexity index is 686. The van der Waals surface area contributed by atoms with Crippen molar-refractivity contribution in [2.24, 2.45) is 17.8 Å². The van der Waals surface area contributed by atoms with Gasteiger partial charge in [0.15, 0.2) is 9.84 Å². The molecule has 0 heterocycles. The number of carbonyl (C=O) groups is 1. The third-order valence-corrected chi connectivity index (χ3v) is 5.81. The third kappa shape index (κ3) is 2.81. The van der Waals surface area contributed by atoms with Gasteiger partial charge in [0.2, 0.25) is 5.91 Å². The fourth-order valence-corrected chi connectivity index (χ4v) is 4.27. The van der Waals surface area contributed by atoms with E-state index in [2.05, 4.69) is 5.32 Å². The van der Waals surface area contributed by atoms with E-state index in [1.807, 2.05) is 0 Å². The van der Waals surface area contributed by atoms with E-state index in [1.54, 1.807) is 0 Å². The second-order valence-electron chi connectivity index (χ2n) is 6.18. The second kappa shape index (κ2) is 5.09. The molecule has 2 aliphatic carbocycles. The minimum absolute atomic E-state index is 0.00661. The predicted molar refractivity (Wildman–Crippen MR) is 77.1 cm³/mol. The van der Waals surface area contributed by atoms with Crippen molar-refractivity contribution in [1.82, 2.24) is 0 Å². The fraction of sp³-hybridized carbons (Fsp3) is 0.533. The summed E-state index contributed by atoms with van der Waals surface area (Å²) in [7, 11) is -3.42. The van der Waals surface area contributed by atoms with Gasteiger partial charge in [0.05, 0.1) is 10.6 Å². The van der Waals surface area contributed by atoms with E-state index in [-0.39, 0.29) is 22.4 Å². The maximum absolute atomic E-state index is 13.8. The average Bonchev–Trinajstić information content (AvgIpc) is 3.02. The minimum Gasteiger partial charge on any atom is -0.323 e. The Balaban J connectivity index is 1.80. The van der Waals surface area contributed by atoms with Crippen molar-refractivity contribution in [1.29, 1.82) is 0 Å². The third-order valence-electron chi connectivity index (χ3n) is 4.70. The fourth-order valence-electron chi connectivity index (χ4n) is 3.62. The number of fused-ring (bicyclic) bond motifs is 2. The SMILES string of the molecule is CS(=O)(=O)c1ccc(F)c(NC(=O)C2CC3CCC2C3)c1. The first kappa shape index (κ1) is 14.5. The topological polar surface area (TPSA) is 63.2 Å². The van der Waals surface area contributed by atoms with Crippen LogP contribution < -0.4 is 5.32 Å². The molecular formula is C15H18FNO3S. The van der Waals surface area contributed by atoms with Crippen LogP contribution in [0.1, 0.15) is 25.7 Å². The van der Waals surface area contributed by atoms with Crippen molar-refractivity contribution >= 4 is 21.4 Å². The number of hydrogen-bond acceptors (Lipinski definition) is 3. The van der Waals surface area contributed by atoms with Crippen LogP contribution in [0.4, 0.5) is 10.1 Å². The van der Waals surface area contributed by atoms with Crippen molar-refractivity contribution in [2.75, 3.05) is 11.6 Å². The molecule has 4 nitrogen and oxygen atoms in total. The summed E-state index contributed by atoms with van der Waals surface area (Å²) < 4.78 is 36.8. The highest BCUT2D eigenvalue weighted by Crippen LogP contribution is 2.48. The van der Waals surface area contributed by atoms with E-state index in [9.17, 15) is 17.6 Å². The number of sulfone groups is 1. The number of amides is 1. The Morgan fingerprint density at radius 2 is 2.05 bits per heavy atom. The lowest BCUT2D eigenvalue weighted by atomic mass is 9.88. The van der Waals surface area contributed by atoms with E-state index in [1.165, 1.54) is 18.6 Å². The van der Waals surface area contributed by atoms with E-state index in [0.29, 0.717) is 11.8 Å². The molecule has 1 aromatic carbocycles. The summed E-state index contributed by atoms with van der Waals surface area (Å²) in [4.78, 5) is 12.3. The highest BCUT2D eigenvalue weighted by atomic mass is 32.2. The lowest BCUT2D eigenvalue weighted by Gasteiger charge is -2.21. The van der Waals surface area contributed by atoms with Crippen LogP contribution in [0, 0.1) is 23.6 Å². The first-order valence-electron chi connectivity index (χ1n) is 7.15.